The number of carbonyl (C=O) groups excluding carboxylic acids is 2. The van der Waals surface area contributed by atoms with Crippen LogP contribution in [0.15, 0.2) is 12.1 Å². The second kappa shape index (κ2) is 4.30. The van der Waals surface area contributed by atoms with Gasteiger partial charge in [0.2, 0.25) is 5.88 Å². The average Bonchev–Trinajstić information content (AvgIpc) is 2.54. The Hall–Kier alpha value is -1.78. The Bertz CT molecular complexity index is 305. The standard InChI is InChI=1S/C8H9NO4/c1-2-12-8(11)6-3-4-7(9-6)13-5-10/h3-5,9H,2H2,1H3. The molecule has 0 aromatic carbocycles. The van der Waals surface area contributed by atoms with Crippen LogP contribution in [0.3, 0.4) is 0 Å². The second-order valence-corrected chi connectivity index (χ2v) is 2.17. The highest BCUT2D eigenvalue weighted by Crippen LogP contribution is 2.09. The van der Waals surface area contributed by atoms with Crippen molar-refractivity contribution in [3.05, 3.63) is 17.8 Å². The number of nitrogens with one attached hydrogen (secondary N) is 1. The lowest BCUT2D eigenvalue weighted by molar-refractivity contribution is -0.120. The molecule has 13 heavy (non-hydrogen) atoms. The third-order valence-corrected chi connectivity index (χ3v) is 1.33. The van der Waals surface area contributed by atoms with Crippen LogP contribution in [0.2, 0.25) is 0 Å². The van der Waals surface area contributed by atoms with E-state index in [0.29, 0.717) is 6.61 Å². The summed E-state index contributed by atoms with van der Waals surface area (Å²) in [6.45, 7) is 2.30. The van der Waals surface area contributed by atoms with Gasteiger partial charge >= 0.3 is 5.97 Å². The molecule has 1 heterocycles. The van der Waals surface area contributed by atoms with Gasteiger partial charge in [0.15, 0.2) is 0 Å². The van der Waals surface area contributed by atoms with Gasteiger partial charge in [-0.05, 0) is 13.0 Å². The van der Waals surface area contributed by atoms with Gasteiger partial charge in [0.05, 0.1) is 6.61 Å². The minimum Gasteiger partial charge on any atom is -0.461 e. The minimum atomic E-state index is -0.469. The van der Waals surface area contributed by atoms with Crippen molar-refractivity contribution in [3.63, 3.8) is 0 Å². The Balaban J connectivity index is 2.67. The molecule has 70 valence electrons. The highest BCUT2D eigenvalue weighted by atomic mass is 16.5. The molecule has 0 spiro atoms. The van der Waals surface area contributed by atoms with Gasteiger partial charge in [-0.3, -0.25) is 4.79 Å². The number of aromatic amines is 1. The lowest BCUT2D eigenvalue weighted by Crippen LogP contribution is -2.04. The summed E-state index contributed by atoms with van der Waals surface area (Å²) in [4.78, 5) is 23.6. The molecule has 0 aliphatic heterocycles. The predicted molar refractivity (Wildman–Crippen MR) is 43.4 cm³/mol. The number of aromatic nitrogens is 1. The van der Waals surface area contributed by atoms with Gasteiger partial charge in [-0.1, -0.05) is 0 Å². The molecular formula is C8H9NO4. The number of ether oxygens (including phenoxy) is 2. The van der Waals surface area contributed by atoms with E-state index in [0.717, 1.165) is 0 Å². The first-order chi connectivity index (χ1) is 6.27. The topological polar surface area (TPSA) is 68.4 Å². The van der Waals surface area contributed by atoms with Crippen LogP contribution in [-0.4, -0.2) is 24.0 Å². The van der Waals surface area contributed by atoms with Crippen LogP contribution in [0, 0.1) is 0 Å². The first-order valence-electron chi connectivity index (χ1n) is 3.74. The average molecular weight is 183 g/mol. The van der Waals surface area contributed by atoms with Gasteiger partial charge in [-0.2, -0.15) is 0 Å². The summed E-state index contributed by atoms with van der Waals surface area (Å²) in [5, 5.41) is 0. The second-order valence-electron chi connectivity index (χ2n) is 2.17. The number of rotatable bonds is 4. The normalized spacial score (nSPS) is 9.31. The SMILES string of the molecule is CCOC(=O)c1ccc(OC=O)[nH]1. The third kappa shape index (κ3) is 2.33. The largest absolute Gasteiger partial charge is 0.461 e. The molecule has 0 atom stereocenters. The molecular weight excluding hydrogens is 174 g/mol. The molecule has 0 saturated heterocycles. The van der Waals surface area contributed by atoms with Crippen LogP contribution < -0.4 is 4.74 Å². The zero-order chi connectivity index (χ0) is 9.68. The third-order valence-electron chi connectivity index (χ3n) is 1.33. The van der Waals surface area contributed by atoms with E-state index in [9.17, 15) is 9.59 Å². The van der Waals surface area contributed by atoms with E-state index in [2.05, 4.69) is 9.72 Å². The molecule has 0 unspecified atom stereocenters. The summed E-state index contributed by atoms with van der Waals surface area (Å²) in [6, 6.07) is 2.96. The fraction of sp³-hybridized carbons (Fsp3) is 0.250. The fourth-order valence-corrected chi connectivity index (χ4v) is 0.824. The molecule has 0 fully saturated rings. The van der Waals surface area contributed by atoms with Gasteiger partial charge in [-0.15, -0.1) is 0 Å². The van der Waals surface area contributed by atoms with Crippen LogP contribution in [0.25, 0.3) is 0 Å². The van der Waals surface area contributed by atoms with Crippen molar-refractivity contribution >= 4 is 12.4 Å². The van der Waals surface area contributed by atoms with E-state index in [-0.39, 0.29) is 18.0 Å². The molecule has 5 nitrogen and oxygen atoms in total. The van der Waals surface area contributed by atoms with E-state index in [1.54, 1.807) is 6.92 Å². The maximum Gasteiger partial charge on any atom is 0.354 e. The van der Waals surface area contributed by atoms with Crippen molar-refractivity contribution < 1.29 is 19.1 Å². The number of esters is 1. The summed E-state index contributed by atoms with van der Waals surface area (Å²) in [6.07, 6.45) is 0. The van der Waals surface area contributed by atoms with Gasteiger partial charge in [0.25, 0.3) is 6.47 Å². The van der Waals surface area contributed by atoms with Gasteiger partial charge in [0.1, 0.15) is 5.69 Å². The molecule has 0 amide bonds. The maximum atomic E-state index is 11.1. The molecule has 0 aliphatic rings. The zero-order valence-electron chi connectivity index (χ0n) is 7.07. The van der Waals surface area contributed by atoms with Crippen LogP contribution in [0.5, 0.6) is 5.88 Å². The Labute approximate surface area is 74.7 Å². The van der Waals surface area contributed by atoms with Gasteiger partial charge in [-0.25, -0.2) is 4.79 Å². The molecule has 1 aromatic rings. The Morgan fingerprint density at radius 2 is 2.38 bits per heavy atom. The molecule has 1 rings (SSSR count). The first kappa shape index (κ1) is 9.31. The van der Waals surface area contributed by atoms with E-state index in [1.807, 2.05) is 0 Å². The van der Waals surface area contributed by atoms with E-state index in [4.69, 9.17) is 4.74 Å². The highest BCUT2D eigenvalue weighted by Gasteiger charge is 2.08. The van der Waals surface area contributed by atoms with Crippen molar-refractivity contribution in [2.45, 2.75) is 6.92 Å². The van der Waals surface area contributed by atoms with Crippen LogP contribution in [0.4, 0.5) is 0 Å². The molecule has 0 radical (unpaired) electrons. The number of carbonyl (C=O) groups is 2. The maximum absolute atomic E-state index is 11.1. The summed E-state index contributed by atoms with van der Waals surface area (Å²) in [7, 11) is 0. The predicted octanol–water partition coefficient (Wildman–Crippen LogP) is 0.727. The molecule has 5 heteroatoms. The molecule has 0 aliphatic carbocycles. The highest BCUT2D eigenvalue weighted by molar-refractivity contribution is 5.87. The van der Waals surface area contributed by atoms with Crippen molar-refractivity contribution in [1.29, 1.82) is 0 Å². The van der Waals surface area contributed by atoms with E-state index in [1.165, 1.54) is 12.1 Å². The number of H-pyrrole nitrogens is 1. The van der Waals surface area contributed by atoms with Crippen molar-refractivity contribution in [3.8, 4) is 5.88 Å². The van der Waals surface area contributed by atoms with Crippen LogP contribution in [0.1, 0.15) is 17.4 Å². The van der Waals surface area contributed by atoms with Gasteiger partial charge in [0, 0.05) is 6.07 Å². The minimum absolute atomic E-state index is 0.220. The van der Waals surface area contributed by atoms with Crippen molar-refractivity contribution in [1.82, 2.24) is 4.98 Å². The lowest BCUT2D eigenvalue weighted by atomic mass is 10.4. The Kier molecular flexibility index (Phi) is 3.08. The summed E-state index contributed by atoms with van der Waals surface area (Å²) < 4.78 is 9.18. The molecule has 0 saturated carbocycles. The van der Waals surface area contributed by atoms with E-state index < -0.39 is 5.97 Å². The number of hydrogen-bond acceptors (Lipinski definition) is 4. The summed E-state index contributed by atoms with van der Waals surface area (Å²) in [5.41, 5.74) is 0.263. The van der Waals surface area contributed by atoms with Crippen molar-refractivity contribution in [2.24, 2.45) is 0 Å². The lowest BCUT2D eigenvalue weighted by Gasteiger charge is -1.97. The fourth-order valence-electron chi connectivity index (χ4n) is 0.824. The quantitative estimate of drug-likeness (QED) is 0.551. The number of hydrogen-bond donors (Lipinski definition) is 1. The zero-order valence-corrected chi connectivity index (χ0v) is 7.07. The van der Waals surface area contributed by atoms with Crippen LogP contribution in [-0.2, 0) is 9.53 Å². The first-order valence-corrected chi connectivity index (χ1v) is 3.74. The molecule has 0 bridgehead atoms. The molecule has 1 aromatic heterocycles. The Morgan fingerprint density at radius 3 is 3.00 bits per heavy atom. The summed E-state index contributed by atoms with van der Waals surface area (Å²) in [5.74, 6) is -0.249. The van der Waals surface area contributed by atoms with Crippen LogP contribution >= 0.6 is 0 Å². The van der Waals surface area contributed by atoms with E-state index >= 15 is 0 Å². The monoisotopic (exact) mass is 183 g/mol. The summed E-state index contributed by atoms with van der Waals surface area (Å²) >= 11 is 0. The Morgan fingerprint density at radius 1 is 1.62 bits per heavy atom. The van der Waals surface area contributed by atoms with Gasteiger partial charge < -0.3 is 14.5 Å². The molecule has 1 N–H and O–H groups in total. The van der Waals surface area contributed by atoms with Crippen molar-refractivity contribution in [2.75, 3.05) is 6.61 Å². The smallest absolute Gasteiger partial charge is 0.354 e.